The number of carbonyl (C=O) groups excluding carboxylic acids is 2. The summed E-state index contributed by atoms with van der Waals surface area (Å²) in [5, 5.41) is 39.9. The molecule has 0 aromatic rings. The van der Waals surface area contributed by atoms with E-state index < -0.39 is 49.4 Å². The van der Waals surface area contributed by atoms with Crippen LogP contribution in [0, 0.1) is 0 Å². The molecule has 0 amide bonds. The predicted molar refractivity (Wildman–Crippen MR) is 215 cm³/mol. The SMILES string of the molecule is CCCCCCCCCCCCCCCCCCCCCCCC(=O)OC[C@@H](CO[C@H]1O[C@@H](CO)[C@@H](O)C(O)C1O)OC(=O)CCCCCCCCCC. The van der Waals surface area contributed by atoms with Crippen molar-refractivity contribution >= 4 is 11.9 Å². The van der Waals surface area contributed by atoms with Crippen molar-refractivity contribution in [2.24, 2.45) is 0 Å². The van der Waals surface area contributed by atoms with Crippen LogP contribution in [0.15, 0.2) is 0 Å². The summed E-state index contributed by atoms with van der Waals surface area (Å²) in [5.41, 5.74) is 0. The Balaban J connectivity index is 2.20. The summed E-state index contributed by atoms with van der Waals surface area (Å²) in [7, 11) is 0. The van der Waals surface area contributed by atoms with Crippen LogP contribution in [0.5, 0.6) is 0 Å². The van der Waals surface area contributed by atoms with Crippen LogP contribution < -0.4 is 0 Å². The van der Waals surface area contributed by atoms with Gasteiger partial charge >= 0.3 is 11.9 Å². The first kappa shape index (κ1) is 50.7. The summed E-state index contributed by atoms with van der Waals surface area (Å²) in [6.07, 6.45) is 28.5. The highest BCUT2D eigenvalue weighted by Crippen LogP contribution is 2.23. The largest absolute Gasteiger partial charge is 0.462 e. The Morgan fingerprint density at radius 3 is 1.26 bits per heavy atom. The van der Waals surface area contributed by atoms with E-state index >= 15 is 0 Å². The van der Waals surface area contributed by atoms with E-state index in [2.05, 4.69) is 13.8 Å². The summed E-state index contributed by atoms with van der Waals surface area (Å²) >= 11 is 0. The molecule has 4 N–H and O–H groups in total. The van der Waals surface area contributed by atoms with E-state index in [9.17, 15) is 30.0 Å². The fourth-order valence-corrected chi connectivity index (χ4v) is 7.13. The summed E-state index contributed by atoms with van der Waals surface area (Å²) in [6, 6.07) is 0. The number of hydrogen-bond donors (Lipinski definition) is 4. The molecule has 0 radical (unpaired) electrons. The number of aliphatic hydroxyl groups excluding tert-OH is 4. The number of carbonyl (C=O) groups is 2. The molecule has 1 saturated heterocycles. The number of unbranched alkanes of at least 4 members (excludes halogenated alkanes) is 27. The number of hydrogen-bond acceptors (Lipinski definition) is 10. The lowest BCUT2D eigenvalue weighted by Gasteiger charge is -2.39. The van der Waals surface area contributed by atoms with Crippen molar-refractivity contribution < 1.29 is 49.0 Å². The zero-order valence-corrected chi connectivity index (χ0v) is 34.7. The molecule has 1 aliphatic rings. The van der Waals surface area contributed by atoms with Crippen LogP contribution in [0.25, 0.3) is 0 Å². The Morgan fingerprint density at radius 2 is 0.870 bits per heavy atom. The van der Waals surface area contributed by atoms with E-state index in [0.29, 0.717) is 6.42 Å². The molecule has 54 heavy (non-hydrogen) atoms. The maximum atomic E-state index is 12.6. The Morgan fingerprint density at radius 1 is 0.500 bits per heavy atom. The summed E-state index contributed by atoms with van der Waals surface area (Å²) in [5.74, 6) is -0.798. The molecule has 6 atom stereocenters. The number of rotatable bonds is 38. The normalized spacial score (nSPS) is 20.6. The molecule has 320 valence electrons. The molecule has 0 aromatic heterocycles. The van der Waals surface area contributed by atoms with Crippen molar-refractivity contribution in [3.8, 4) is 0 Å². The second kappa shape index (κ2) is 36.1. The first-order chi connectivity index (χ1) is 26.3. The Hall–Kier alpha value is -1.30. The molecule has 10 nitrogen and oxygen atoms in total. The van der Waals surface area contributed by atoms with E-state index in [1.165, 1.54) is 141 Å². The van der Waals surface area contributed by atoms with Gasteiger partial charge in [-0.3, -0.25) is 9.59 Å². The van der Waals surface area contributed by atoms with Crippen molar-refractivity contribution in [3.05, 3.63) is 0 Å². The van der Waals surface area contributed by atoms with Gasteiger partial charge in [-0.05, 0) is 12.8 Å². The minimum Gasteiger partial charge on any atom is -0.462 e. The first-order valence-corrected chi connectivity index (χ1v) is 22.6. The van der Waals surface area contributed by atoms with Crippen molar-refractivity contribution in [2.75, 3.05) is 19.8 Å². The van der Waals surface area contributed by atoms with Gasteiger partial charge in [0.2, 0.25) is 0 Å². The minimum absolute atomic E-state index is 0.210. The van der Waals surface area contributed by atoms with E-state index in [4.69, 9.17) is 18.9 Å². The molecule has 10 heteroatoms. The van der Waals surface area contributed by atoms with Crippen molar-refractivity contribution in [2.45, 2.75) is 250 Å². The van der Waals surface area contributed by atoms with Gasteiger partial charge in [-0.15, -0.1) is 0 Å². The third-order valence-electron chi connectivity index (χ3n) is 10.7. The van der Waals surface area contributed by atoms with Gasteiger partial charge in [-0.1, -0.05) is 187 Å². The molecule has 0 aliphatic carbocycles. The zero-order valence-electron chi connectivity index (χ0n) is 34.7. The Kier molecular flexibility index (Phi) is 33.9. The van der Waals surface area contributed by atoms with E-state index in [-0.39, 0.29) is 32.0 Å². The average molecular weight is 773 g/mol. The summed E-state index contributed by atoms with van der Waals surface area (Å²) < 4.78 is 22.1. The fraction of sp³-hybridized carbons (Fsp3) is 0.955. The van der Waals surface area contributed by atoms with Gasteiger partial charge < -0.3 is 39.4 Å². The van der Waals surface area contributed by atoms with Gasteiger partial charge in [0.05, 0.1) is 13.2 Å². The number of esters is 2. The maximum absolute atomic E-state index is 12.6. The van der Waals surface area contributed by atoms with Crippen molar-refractivity contribution in [3.63, 3.8) is 0 Å². The molecule has 0 saturated carbocycles. The lowest BCUT2D eigenvalue weighted by molar-refractivity contribution is -0.305. The van der Waals surface area contributed by atoms with Gasteiger partial charge in [0.25, 0.3) is 0 Å². The van der Waals surface area contributed by atoms with Gasteiger partial charge in [-0.2, -0.15) is 0 Å². The van der Waals surface area contributed by atoms with Gasteiger partial charge in [0, 0.05) is 12.8 Å². The monoisotopic (exact) mass is 773 g/mol. The van der Waals surface area contributed by atoms with Crippen LogP contribution in [-0.2, 0) is 28.5 Å². The van der Waals surface area contributed by atoms with Crippen LogP contribution >= 0.6 is 0 Å². The Labute approximate surface area is 329 Å². The third kappa shape index (κ3) is 27.3. The molecule has 1 fully saturated rings. The molecule has 0 bridgehead atoms. The standard InChI is InChI=1S/C44H84O10/c1-3-5-7-9-11-13-14-15-16-17-18-19-20-21-22-23-24-25-27-28-30-32-39(46)51-35-37(53-40(47)33-31-29-26-12-10-8-6-4-2)36-52-44-43(50)42(49)41(48)38(34-45)54-44/h37-38,41-45,48-50H,3-36H2,1-2H3/t37-,38-,41+,42?,43?,44-/m0/s1. The average Bonchev–Trinajstić information content (AvgIpc) is 3.17. The van der Waals surface area contributed by atoms with Crippen LogP contribution in [0.4, 0.5) is 0 Å². The molecule has 2 unspecified atom stereocenters. The van der Waals surface area contributed by atoms with E-state index in [0.717, 1.165) is 38.5 Å². The van der Waals surface area contributed by atoms with Crippen LogP contribution in [0.2, 0.25) is 0 Å². The minimum atomic E-state index is -1.59. The maximum Gasteiger partial charge on any atom is 0.306 e. The van der Waals surface area contributed by atoms with Crippen LogP contribution in [0.1, 0.15) is 213 Å². The second-order valence-corrected chi connectivity index (χ2v) is 15.9. The molecule has 0 spiro atoms. The van der Waals surface area contributed by atoms with Gasteiger partial charge in [-0.25, -0.2) is 0 Å². The molecule has 1 aliphatic heterocycles. The molecule has 1 rings (SSSR count). The molecule has 1 heterocycles. The summed E-state index contributed by atoms with van der Waals surface area (Å²) in [4.78, 5) is 25.2. The molecular weight excluding hydrogens is 688 g/mol. The smallest absolute Gasteiger partial charge is 0.306 e. The molecular formula is C44H84O10. The highest BCUT2D eigenvalue weighted by Gasteiger charge is 2.44. The van der Waals surface area contributed by atoms with Crippen LogP contribution in [-0.4, -0.2) is 89.0 Å². The lowest BCUT2D eigenvalue weighted by Crippen LogP contribution is -2.59. The third-order valence-corrected chi connectivity index (χ3v) is 10.7. The predicted octanol–water partition coefficient (Wildman–Crippen LogP) is 9.39. The van der Waals surface area contributed by atoms with Gasteiger partial charge in [0.1, 0.15) is 31.0 Å². The van der Waals surface area contributed by atoms with Gasteiger partial charge in [0.15, 0.2) is 12.4 Å². The fourth-order valence-electron chi connectivity index (χ4n) is 7.13. The number of aliphatic hydroxyl groups is 4. The quantitative estimate of drug-likeness (QED) is 0.0353. The highest BCUT2D eigenvalue weighted by atomic mass is 16.7. The Bertz CT molecular complexity index is 855. The zero-order chi connectivity index (χ0) is 39.5. The highest BCUT2D eigenvalue weighted by molar-refractivity contribution is 5.70. The lowest BCUT2D eigenvalue weighted by atomic mass is 9.99. The van der Waals surface area contributed by atoms with Crippen LogP contribution in [0.3, 0.4) is 0 Å². The second-order valence-electron chi connectivity index (χ2n) is 15.9. The molecule has 0 aromatic carbocycles. The van der Waals surface area contributed by atoms with E-state index in [1.54, 1.807) is 0 Å². The van der Waals surface area contributed by atoms with E-state index in [1.807, 2.05) is 0 Å². The van der Waals surface area contributed by atoms with Crippen molar-refractivity contribution in [1.29, 1.82) is 0 Å². The number of ether oxygens (including phenoxy) is 4. The first-order valence-electron chi connectivity index (χ1n) is 22.6. The summed E-state index contributed by atoms with van der Waals surface area (Å²) in [6.45, 7) is 3.41. The van der Waals surface area contributed by atoms with Crippen molar-refractivity contribution in [1.82, 2.24) is 0 Å². The topological polar surface area (TPSA) is 152 Å².